The lowest BCUT2D eigenvalue weighted by Gasteiger charge is -2.22. The van der Waals surface area contributed by atoms with Crippen LogP contribution in [0.3, 0.4) is 0 Å². The zero-order chi connectivity index (χ0) is 16.7. The molecular formula is C16H22BrIN4OS. The number of hydrogen-bond donors (Lipinski definition) is 2. The van der Waals surface area contributed by atoms with E-state index in [2.05, 4.69) is 42.2 Å². The van der Waals surface area contributed by atoms with Crippen LogP contribution in [-0.4, -0.2) is 41.1 Å². The Kier molecular flexibility index (Phi) is 9.79. The summed E-state index contributed by atoms with van der Waals surface area (Å²) in [6, 6.07) is 7.76. The van der Waals surface area contributed by atoms with Crippen LogP contribution in [0.1, 0.15) is 23.5 Å². The minimum atomic E-state index is -0.629. The number of guanidine groups is 1. The third-order valence-electron chi connectivity index (χ3n) is 3.22. The zero-order valence-corrected chi connectivity index (χ0v) is 18.4. The van der Waals surface area contributed by atoms with E-state index < -0.39 is 6.10 Å². The lowest BCUT2D eigenvalue weighted by Crippen LogP contribution is -2.38. The molecule has 1 atom stereocenters. The van der Waals surface area contributed by atoms with Crippen LogP contribution in [0.5, 0.6) is 0 Å². The Hall–Kier alpha value is -0.710. The number of aliphatic hydroxyl groups excluding tert-OH is 1. The molecular weight excluding hydrogens is 503 g/mol. The summed E-state index contributed by atoms with van der Waals surface area (Å²) in [6.07, 6.45) is 2.72. The molecule has 132 valence electrons. The molecule has 0 aromatic carbocycles. The van der Waals surface area contributed by atoms with Gasteiger partial charge in [-0.2, -0.15) is 0 Å². The fourth-order valence-electron chi connectivity index (χ4n) is 2.08. The first kappa shape index (κ1) is 21.3. The van der Waals surface area contributed by atoms with Gasteiger partial charge in [0.1, 0.15) is 0 Å². The van der Waals surface area contributed by atoms with Crippen molar-refractivity contribution in [3.63, 3.8) is 0 Å². The van der Waals surface area contributed by atoms with Gasteiger partial charge in [0.2, 0.25) is 0 Å². The van der Waals surface area contributed by atoms with Gasteiger partial charge in [-0.25, -0.2) is 0 Å². The number of pyridine rings is 1. The molecule has 8 heteroatoms. The van der Waals surface area contributed by atoms with E-state index in [1.165, 1.54) is 4.88 Å². The maximum Gasteiger partial charge on any atom is 0.194 e. The van der Waals surface area contributed by atoms with E-state index in [-0.39, 0.29) is 24.0 Å². The van der Waals surface area contributed by atoms with Crippen molar-refractivity contribution in [3.8, 4) is 0 Å². The average molecular weight is 525 g/mol. The summed E-state index contributed by atoms with van der Waals surface area (Å²) < 4.78 is 1.12. The van der Waals surface area contributed by atoms with Crippen LogP contribution in [-0.2, 0) is 6.54 Å². The molecule has 0 aliphatic rings. The highest BCUT2D eigenvalue weighted by molar-refractivity contribution is 14.0. The molecule has 5 nitrogen and oxygen atoms in total. The van der Waals surface area contributed by atoms with Crippen molar-refractivity contribution < 1.29 is 5.11 Å². The van der Waals surface area contributed by atoms with Crippen LogP contribution in [0, 0.1) is 0 Å². The third-order valence-corrected chi connectivity index (χ3v) is 4.83. The van der Waals surface area contributed by atoms with E-state index in [0.29, 0.717) is 6.54 Å². The first-order chi connectivity index (χ1) is 11.1. The molecule has 0 aliphatic carbocycles. The second-order valence-electron chi connectivity index (χ2n) is 5.05. The molecule has 0 amide bonds. The maximum atomic E-state index is 10.2. The molecule has 24 heavy (non-hydrogen) atoms. The minimum Gasteiger partial charge on any atom is -0.386 e. The molecule has 0 fully saturated rings. The number of hydrogen-bond acceptors (Lipinski definition) is 4. The number of aromatic nitrogens is 1. The zero-order valence-electron chi connectivity index (χ0n) is 13.6. The van der Waals surface area contributed by atoms with Crippen molar-refractivity contribution in [1.29, 1.82) is 0 Å². The third kappa shape index (κ3) is 6.66. The summed E-state index contributed by atoms with van der Waals surface area (Å²) in [7, 11) is 1.99. The van der Waals surface area contributed by atoms with Gasteiger partial charge in [-0.3, -0.25) is 9.98 Å². The van der Waals surface area contributed by atoms with Gasteiger partial charge >= 0.3 is 0 Å². The number of halogens is 2. The fourth-order valence-corrected chi connectivity index (χ4v) is 3.62. The van der Waals surface area contributed by atoms with Crippen molar-refractivity contribution >= 4 is 57.2 Å². The predicted octanol–water partition coefficient (Wildman–Crippen LogP) is 3.65. The molecule has 0 radical (unpaired) electrons. The first-order valence-corrected chi connectivity index (χ1v) is 9.02. The maximum absolute atomic E-state index is 10.2. The lowest BCUT2D eigenvalue weighted by molar-refractivity contribution is 0.186. The monoisotopic (exact) mass is 524 g/mol. The standard InChI is InChI=1S/C16H21BrN4OS.HI/c1-3-19-16(21(2)11-13-4-5-15(17)23-13)20-10-14(22)12-6-8-18-9-7-12;/h4-9,14,22H,3,10-11H2,1-2H3,(H,19,20);1H. The largest absolute Gasteiger partial charge is 0.386 e. The van der Waals surface area contributed by atoms with Crippen molar-refractivity contribution in [2.24, 2.45) is 4.99 Å². The SMILES string of the molecule is CCNC(=NCC(O)c1ccncc1)N(C)Cc1ccc(Br)s1.I. The van der Waals surface area contributed by atoms with Gasteiger partial charge in [-0.15, -0.1) is 35.3 Å². The molecule has 2 aromatic rings. The molecule has 2 N–H and O–H groups in total. The molecule has 1 unspecified atom stereocenters. The van der Waals surface area contributed by atoms with Gasteiger partial charge in [0.25, 0.3) is 0 Å². The van der Waals surface area contributed by atoms with E-state index in [9.17, 15) is 5.11 Å². The lowest BCUT2D eigenvalue weighted by atomic mass is 10.1. The second-order valence-corrected chi connectivity index (χ2v) is 7.60. The Bertz CT molecular complexity index is 638. The predicted molar refractivity (Wildman–Crippen MR) is 114 cm³/mol. The number of nitrogens with zero attached hydrogens (tertiary/aromatic N) is 3. The smallest absolute Gasteiger partial charge is 0.194 e. The van der Waals surface area contributed by atoms with Crippen molar-refractivity contribution in [3.05, 3.63) is 50.9 Å². The van der Waals surface area contributed by atoms with Crippen LogP contribution in [0.4, 0.5) is 0 Å². The van der Waals surface area contributed by atoms with Gasteiger partial charge in [-0.1, -0.05) is 0 Å². The second kappa shape index (κ2) is 11.0. The van der Waals surface area contributed by atoms with Crippen LogP contribution >= 0.6 is 51.2 Å². The Morgan fingerprint density at radius 2 is 2.08 bits per heavy atom. The molecule has 2 heterocycles. The van der Waals surface area contributed by atoms with Gasteiger partial charge in [0.15, 0.2) is 5.96 Å². The molecule has 2 aromatic heterocycles. The number of rotatable bonds is 6. The fraction of sp³-hybridized carbons (Fsp3) is 0.375. The summed E-state index contributed by atoms with van der Waals surface area (Å²) in [5, 5.41) is 13.5. The molecule has 0 aliphatic heterocycles. The summed E-state index contributed by atoms with van der Waals surface area (Å²) in [5.74, 6) is 0.783. The molecule has 0 bridgehead atoms. The van der Waals surface area contributed by atoms with Crippen LogP contribution in [0.25, 0.3) is 0 Å². The van der Waals surface area contributed by atoms with E-state index in [1.807, 2.05) is 20.0 Å². The molecule has 0 saturated carbocycles. The quantitative estimate of drug-likeness (QED) is 0.344. The topological polar surface area (TPSA) is 60.8 Å². The van der Waals surface area contributed by atoms with Crippen molar-refractivity contribution in [1.82, 2.24) is 15.2 Å². The van der Waals surface area contributed by atoms with Crippen LogP contribution < -0.4 is 5.32 Å². The van der Waals surface area contributed by atoms with Crippen molar-refractivity contribution in [2.45, 2.75) is 19.6 Å². The van der Waals surface area contributed by atoms with E-state index in [0.717, 1.165) is 28.4 Å². The summed E-state index contributed by atoms with van der Waals surface area (Å²) >= 11 is 5.19. The minimum absolute atomic E-state index is 0. The summed E-state index contributed by atoms with van der Waals surface area (Å²) in [6.45, 7) is 3.89. The van der Waals surface area contributed by atoms with Gasteiger partial charge in [0, 0.05) is 30.9 Å². The highest BCUT2D eigenvalue weighted by atomic mass is 127. The summed E-state index contributed by atoms with van der Waals surface area (Å²) in [4.78, 5) is 11.8. The molecule has 0 spiro atoms. The Morgan fingerprint density at radius 1 is 1.38 bits per heavy atom. The normalized spacial score (nSPS) is 12.4. The van der Waals surface area contributed by atoms with Gasteiger partial charge < -0.3 is 15.3 Å². The number of aliphatic imine (C=N–C) groups is 1. The Morgan fingerprint density at radius 3 is 2.67 bits per heavy atom. The summed E-state index contributed by atoms with van der Waals surface area (Å²) in [5.41, 5.74) is 0.824. The Labute approximate surface area is 172 Å². The number of nitrogens with one attached hydrogen (secondary N) is 1. The average Bonchev–Trinajstić information content (AvgIpc) is 2.96. The van der Waals surface area contributed by atoms with Crippen LogP contribution in [0.2, 0.25) is 0 Å². The van der Waals surface area contributed by atoms with E-state index in [1.54, 1.807) is 35.9 Å². The van der Waals surface area contributed by atoms with E-state index >= 15 is 0 Å². The van der Waals surface area contributed by atoms with E-state index in [4.69, 9.17) is 0 Å². The van der Waals surface area contributed by atoms with Gasteiger partial charge in [-0.05, 0) is 52.7 Å². The number of thiophene rings is 1. The van der Waals surface area contributed by atoms with Crippen molar-refractivity contribution in [2.75, 3.05) is 20.1 Å². The first-order valence-electron chi connectivity index (χ1n) is 7.41. The highest BCUT2D eigenvalue weighted by Gasteiger charge is 2.11. The molecule has 0 saturated heterocycles. The molecule has 2 rings (SSSR count). The number of aliphatic hydroxyl groups is 1. The highest BCUT2D eigenvalue weighted by Crippen LogP contribution is 2.23. The Balaban J connectivity index is 0.00000288. The van der Waals surface area contributed by atoms with Crippen LogP contribution in [0.15, 0.2) is 45.4 Å². The van der Waals surface area contributed by atoms with Gasteiger partial charge in [0.05, 0.1) is 23.0 Å².